The molecule has 112 valence electrons. The maximum absolute atomic E-state index is 14.1. The van der Waals surface area contributed by atoms with Crippen molar-refractivity contribution in [3.05, 3.63) is 29.7 Å². The second-order valence-electron chi connectivity index (χ2n) is 5.33. The number of nitrogens with zero attached hydrogens (tertiary/aromatic N) is 2. The number of hydrogen-bond donors (Lipinski definition) is 0. The lowest BCUT2D eigenvalue weighted by Crippen LogP contribution is -2.19. The highest BCUT2D eigenvalue weighted by atomic mass is 19.1. The maximum atomic E-state index is 14.1. The van der Waals surface area contributed by atoms with Crippen LogP contribution in [0.1, 0.15) is 31.2 Å². The number of hydrogen-bond acceptors (Lipinski definition) is 4. The van der Waals surface area contributed by atoms with Crippen molar-refractivity contribution >= 4 is 11.0 Å². The quantitative estimate of drug-likeness (QED) is 0.867. The highest BCUT2D eigenvalue weighted by molar-refractivity contribution is 5.78. The van der Waals surface area contributed by atoms with Gasteiger partial charge in [-0.15, -0.1) is 0 Å². The van der Waals surface area contributed by atoms with E-state index in [-0.39, 0.29) is 11.9 Å². The third-order valence-electron chi connectivity index (χ3n) is 3.94. The number of methoxy groups -OCH3 is 1. The van der Waals surface area contributed by atoms with Crippen LogP contribution in [-0.2, 0) is 11.2 Å². The molecule has 0 saturated carbocycles. The minimum atomic E-state index is -0.306. The zero-order valence-electron chi connectivity index (χ0n) is 12.1. The van der Waals surface area contributed by atoms with Crippen molar-refractivity contribution in [2.75, 3.05) is 13.7 Å². The van der Waals surface area contributed by atoms with Gasteiger partial charge in [-0.2, -0.15) is 0 Å². The van der Waals surface area contributed by atoms with E-state index >= 15 is 0 Å². The van der Waals surface area contributed by atoms with E-state index in [4.69, 9.17) is 9.47 Å². The highest BCUT2D eigenvalue weighted by Crippen LogP contribution is 2.24. The van der Waals surface area contributed by atoms with E-state index in [2.05, 4.69) is 9.97 Å². The van der Waals surface area contributed by atoms with Crippen molar-refractivity contribution in [1.82, 2.24) is 9.97 Å². The number of halogens is 1. The lowest BCUT2D eigenvalue weighted by molar-refractivity contribution is 0.0114. The molecule has 0 aromatic carbocycles. The molecule has 0 unspecified atom stereocenters. The zero-order valence-corrected chi connectivity index (χ0v) is 12.1. The molecule has 2 aromatic rings. The number of rotatable bonds is 4. The van der Waals surface area contributed by atoms with Crippen LogP contribution in [0.15, 0.2) is 18.3 Å². The second kappa shape index (κ2) is 6.35. The third kappa shape index (κ3) is 3.13. The molecule has 0 radical (unpaired) electrons. The maximum Gasteiger partial charge on any atom is 0.213 e. The summed E-state index contributed by atoms with van der Waals surface area (Å²) in [6.07, 6.45) is 6.30. The van der Waals surface area contributed by atoms with Crippen molar-refractivity contribution in [3.63, 3.8) is 0 Å². The SMILES string of the molecule is COc1ccc2ncc(F)c(CC[C@@H]3CCCCO3)c2n1. The van der Waals surface area contributed by atoms with Crippen LogP contribution in [0.25, 0.3) is 11.0 Å². The molecule has 1 aliphatic rings. The lowest BCUT2D eigenvalue weighted by Gasteiger charge is -2.22. The van der Waals surface area contributed by atoms with E-state index in [0.717, 1.165) is 25.9 Å². The average molecular weight is 290 g/mol. The van der Waals surface area contributed by atoms with E-state index in [1.165, 1.54) is 12.6 Å². The lowest BCUT2D eigenvalue weighted by atomic mass is 10.0. The van der Waals surface area contributed by atoms with Crippen LogP contribution in [-0.4, -0.2) is 29.8 Å². The Morgan fingerprint density at radius 2 is 2.29 bits per heavy atom. The Hall–Kier alpha value is -1.75. The van der Waals surface area contributed by atoms with Crippen molar-refractivity contribution in [2.45, 2.75) is 38.2 Å². The molecule has 3 rings (SSSR count). The number of aryl methyl sites for hydroxylation is 1. The normalized spacial score (nSPS) is 18.9. The van der Waals surface area contributed by atoms with Crippen molar-refractivity contribution in [2.24, 2.45) is 0 Å². The number of fused-ring (bicyclic) bond motifs is 1. The van der Waals surface area contributed by atoms with Crippen LogP contribution in [0.5, 0.6) is 5.88 Å². The molecule has 0 amide bonds. The van der Waals surface area contributed by atoms with Gasteiger partial charge >= 0.3 is 0 Å². The van der Waals surface area contributed by atoms with Gasteiger partial charge in [-0.05, 0) is 38.2 Å². The van der Waals surface area contributed by atoms with Gasteiger partial charge in [-0.1, -0.05) is 0 Å². The van der Waals surface area contributed by atoms with Gasteiger partial charge in [0, 0.05) is 18.2 Å². The molecule has 3 heterocycles. The molecule has 0 spiro atoms. The van der Waals surface area contributed by atoms with E-state index in [1.54, 1.807) is 19.2 Å². The molecule has 2 aromatic heterocycles. The molecule has 0 bridgehead atoms. The predicted molar refractivity (Wildman–Crippen MR) is 78.0 cm³/mol. The standard InChI is InChI=1S/C16H19FN2O2/c1-20-15-8-7-14-16(19-15)12(13(17)10-18-14)6-5-11-4-2-3-9-21-11/h7-8,10-11H,2-6,9H2,1H3/t11-/m0/s1. The van der Waals surface area contributed by atoms with Gasteiger partial charge in [-0.3, -0.25) is 4.98 Å². The van der Waals surface area contributed by atoms with Gasteiger partial charge in [0.25, 0.3) is 0 Å². The van der Waals surface area contributed by atoms with E-state index < -0.39 is 0 Å². The summed E-state index contributed by atoms with van der Waals surface area (Å²) in [4.78, 5) is 8.44. The van der Waals surface area contributed by atoms with Crippen molar-refractivity contribution in [3.8, 4) is 5.88 Å². The monoisotopic (exact) mass is 290 g/mol. The first-order chi connectivity index (χ1) is 10.3. The van der Waals surface area contributed by atoms with Crippen LogP contribution in [0.2, 0.25) is 0 Å². The molecule has 1 saturated heterocycles. The van der Waals surface area contributed by atoms with Gasteiger partial charge < -0.3 is 9.47 Å². The second-order valence-corrected chi connectivity index (χ2v) is 5.33. The average Bonchev–Trinajstić information content (AvgIpc) is 2.54. The molecule has 1 aliphatic heterocycles. The first-order valence-electron chi connectivity index (χ1n) is 7.37. The van der Waals surface area contributed by atoms with E-state index in [9.17, 15) is 4.39 Å². The first-order valence-corrected chi connectivity index (χ1v) is 7.37. The number of aromatic nitrogens is 2. The summed E-state index contributed by atoms with van der Waals surface area (Å²) in [5.74, 6) is 0.170. The molecule has 5 heteroatoms. The molecule has 4 nitrogen and oxygen atoms in total. The van der Waals surface area contributed by atoms with Crippen LogP contribution < -0.4 is 4.74 Å². The fraction of sp³-hybridized carbons (Fsp3) is 0.500. The Bertz CT molecular complexity index is 627. The zero-order chi connectivity index (χ0) is 14.7. The number of ether oxygens (including phenoxy) is 2. The van der Waals surface area contributed by atoms with Gasteiger partial charge in [0.05, 0.1) is 30.4 Å². The predicted octanol–water partition coefficient (Wildman–Crippen LogP) is 3.28. The van der Waals surface area contributed by atoms with Crippen LogP contribution >= 0.6 is 0 Å². The summed E-state index contributed by atoms with van der Waals surface area (Å²) in [6, 6.07) is 3.54. The summed E-state index contributed by atoms with van der Waals surface area (Å²) in [7, 11) is 1.55. The molecule has 0 aliphatic carbocycles. The molecular weight excluding hydrogens is 271 g/mol. The Labute approximate surface area is 123 Å². The van der Waals surface area contributed by atoms with Gasteiger partial charge in [0.1, 0.15) is 5.82 Å². The van der Waals surface area contributed by atoms with Crippen LogP contribution in [0.3, 0.4) is 0 Å². The highest BCUT2D eigenvalue weighted by Gasteiger charge is 2.17. The minimum Gasteiger partial charge on any atom is -0.481 e. The first kappa shape index (κ1) is 14.2. The molecule has 1 fully saturated rings. The summed E-state index contributed by atoms with van der Waals surface area (Å²) in [5.41, 5.74) is 1.88. The Morgan fingerprint density at radius 3 is 3.05 bits per heavy atom. The van der Waals surface area contributed by atoms with Gasteiger partial charge in [0.15, 0.2) is 0 Å². The molecule has 1 atom stereocenters. The van der Waals surface area contributed by atoms with E-state index in [1.807, 2.05) is 0 Å². The Balaban J connectivity index is 1.86. The summed E-state index contributed by atoms with van der Waals surface area (Å²) in [5, 5.41) is 0. The molecule has 21 heavy (non-hydrogen) atoms. The summed E-state index contributed by atoms with van der Waals surface area (Å²) < 4.78 is 25.0. The Kier molecular flexibility index (Phi) is 4.29. The van der Waals surface area contributed by atoms with Gasteiger partial charge in [0.2, 0.25) is 5.88 Å². The fourth-order valence-corrected chi connectivity index (χ4v) is 2.77. The largest absolute Gasteiger partial charge is 0.481 e. The topological polar surface area (TPSA) is 44.2 Å². The fourth-order valence-electron chi connectivity index (χ4n) is 2.77. The minimum absolute atomic E-state index is 0.229. The van der Waals surface area contributed by atoms with Crippen molar-refractivity contribution < 1.29 is 13.9 Å². The Morgan fingerprint density at radius 1 is 1.38 bits per heavy atom. The molecular formula is C16H19FN2O2. The van der Waals surface area contributed by atoms with Crippen molar-refractivity contribution in [1.29, 1.82) is 0 Å². The molecule has 0 N–H and O–H groups in total. The van der Waals surface area contributed by atoms with Crippen LogP contribution in [0.4, 0.5) is 4.39 Å². The van der Waals surface area contributed by atoms with E-state index in [0.29, 0.717) is 28.9 Å². The third-order valence-corrected chi connectivity index (χ3v) is 3.94. The summed E-state index contributed by atoms with van der Waals surface area (Å²) in [6.45, 7) is 0.816. The smallest absolute Gasteiger partial charge is 0.213 e. The van der Waals surface area contributed by atoms with Crippen LogP contribution in [0, 0.1) is 5.82 Å². The van der Waals surface area contributed by atoms with Gasteiger partial charge in [-0.25, -0.2) is 9.37 Å². The number of pyridine rings is 2. The summed E-state index contributed by atoms with van der Waals surface area (Å²) >= 11 is 0.